The average Bonchev–Trinajstić information content (AvgIpc) is 2.46. The molecule has 1 aliphatic heterocycles. The molecular formula is C13H20N4O2S. The fraction of sp³-hybridized carbons (Fsp3) is 0.462. The van der Waals surface area contributed by atoms with Crippen LogP contribution in [0.15, 0.2) is 30.3 Å². The number of hydrogen-bond acceptors (Lipinski definition) is 3. The van der Waals surface area contributed by atoms with Gasteiger partial charge in [-0.25, -0.2) is 0 Å². The summed E-state index contributed by atoms with van der Waals surface area (Å²) < 4.78 is 28.6. The summed E-state index contributed by atoms with van der Waals surface area (Å²) in [6, 6.07) is 8.11. The lowest BCUT2D eigenvalue weighted by Gasteiger charge is -2.28. The summed E-state index contributed by atoms with van der Waals surface area (Å²) in [4.78, 5) is 0. The molecule has 1 heterocycles. The molecule has 0 amide bonds. The van der Waals surface area contributed by atoms with Crippen molar-refractivity contribution in [2.75, 3.05) is 13.1 Å². The lowest BCUT2D eigenvalue weighted by atomic mass is 10.1. The molecule has 0 aliphatic carbocycles. The molecule has 1 atom stereocenters. The second-order valence-electron chi connectivity index (χ2n) is 4.88. The van der Waals surface area contributed by atoms with E-state index in [-0.39, 0.29) is 5.84 Å². The number of nitrogens with two attached hydrogens (primary N) is 1. The lowest BCUT2D eigenvalue weighted by Crippen LogP contribution is -2.47. The lowest BCUT2D eigenvalue weighted by molar-refractivity contribution is 0.340. The minimum Gasteiger partial charge on any atom is -0.386 e. The highest BCUT2D eigenvalue weighted by Gasteiger charge is 2.28. The normalized spacial score (nSPS) is 18.6. The predicted octanol–water partition coefficient (Wildman–Crippen LogP) is 0.984. The molecule has 7 heteroatoms. The highest BCUT2D eigenvalue weighted by atomic mass is 32.2. The van der Waals surface area contributed by atoms with Crippen molar-refractivity contribution in [1.29, 1.82) is 5.41 Å². The fourth-order valence-corrected chi connectivity index (χ4v) is 3.73. The summed E-state index contributed by atoms with van der Waals surface area (Å²) in [5.41, 5.74) is 6.21. The van der Waals surface area contributed by atoms with Gasteiger partial charge in [-0.2, -0.15) is 17.4 Å². The molecular weight excluding hydrogens is 276 g/mol. The van der Waals surface area contributed by atoms with Crippen LogP contribution in [-0.2, 0) is 10.2 Å². The summed E-state index contributed by atoms with van der Waals surface area (Å²) in [5.74, 6) is -0.211. The summed E-state index contributed by atoms with van der Waals surface area (Å²) >= 11 is 0. The zero-order chi connectivity index (χ0) is 14.6. The molecule has 1 unspecified atom stereocenters. The molecule has 6 nitrogen and oxygen atoms in total. The molecule has 0 aromatic heterocycles. The Kier molecular flexibility index (Phi) is 4.74. The maximum absolute atomic E-state index is 12.3. The molecule has 1 fully saturated rings. The van der Waals surface area contributed by atoms with Crippen LogP contribution >= 0.6 is 0 Å². The van der Waals surface area contributed by atoms with Gasteiger partial charge in [0.2, 0.25) is 0 Å². The van der Waals surface area contributed by atoms with Gasteiger partial charge in [0.1, 0.15) is 11.9 Å². The monoisotopic (exact) mass is 296 g/mol. The Hall–Kier alpha value is -1.44. The molecule has 1 aromatic rings. The van der Waals surface area contributed by atoms with Crippen molar-refractivity contribution in [3.63, 3.8) is 0 Å². The van der Waals surface area contributed by atoms with E-state index < -0.39 is 16.3 Å². The third-order valence-corrected chi connectivity index (χ3v) is 4.94. The highest BCUT2D eigenvalue weighted by molar-refractivity contribution is 7.87. The van der Waals surface area contributed by atoms with Crippen molar-refractivity contribution in [2.24, 2.45) is 5.73 Å². The predicted molar refractivity (Wildman–Crippen MR) is 78.6 cm³/mol. The van der Waals surface area contributed by atoms with Gasteiger partial charge in [0.15, 0.2) is 0 Å². The first kappa shape index (κ1) is 15.0. The number of amidine groups is 1. The number of benzene rings is 1. The Morgan fingerprint density at radius 2 is 1.80 bits per heavy atom. The number of nitrogens with one attached hydrogen (secondary N) is 2. The van der Waals surface area contributed by atoms with Gasteiger partial charge >= 0.3 is 0 Å². The van der Waals surface area contributed by atoms with Crippen LogP contribution in [0.25, 0.3) is 0 Å². The number of hydrogen-bond donors (Lipinski definition) is 3. The maximum atomic E-state index is 12.3. The van der Waals surface area contributed by atoms with E-state index in [9.17, 15) is 8.42 Å². The van der Waals surface area contributed by atoms with Crippen LogP contribution in [0.5, 0.6) is 0 Å². The topological polar surface area (TPSA) is 99.3 Å². The van der Waals surface area contributed by atoms with Gasteiger partial charge in [-0.15, -0.1) is 0 Å². The number of nitrogens with zero attached hydrogens (tertiary/aromatic N) is 1. The molecule has 0 saturated carbocycles. The average molecular weight is 296 g/mol. The highest BCUT2D eigenvalue weighted by Crippen LogP contribution is 2.17. The van der Waals surface area contributed by atoms with Crippen LogP contribution in [-0.4, -0.2) is 31.6 Å². The van der Waals surface area contributed by atoms with Crippen LogP contribution in [0, 0.1) is 5.41 Å². The van der Waals surface area contributed by atoms with E-state index in [1.54, 1.807) is 24.3 Å². The molecule has 110 valence electrons. The quantitative estimate of drug-likeness (QED) is 0.558. The van der Waals surface area contributed by atoms with E-state index in [1.807, 2.05) is 6.07 Å². The van der Waals surface area contributed by atoms with Crippen LogP contribution < -0.4 is 10.5 Å². The summed E-state index contributed by atoms with van der Waals surface area (Å²) in [6.45, 7) is 1.05. The van der Waals surface area contributed by atoms with E-state index in [2.05, 4.69) is 4.72 Å². The van der Waals surface area contributed by atoms with E-state index in [4.69, 9.17) is 11.1 Å². The van der Waals surface area contributed by atoms with Crippen LogP contribution in [0.3, 0.4) is 0 Å². The molecule has 1 saturated heterocycles. The third kappa shape index (κ3) is 3.56. The Morgan fingerprint density at radius 3 is 2.35 bits per heavy atom. The minimum atomic E-state index is -3.61. The fourth-order valence-electron chi connectivity index (χ4n) is 2.29. The van der Waals surface area contributed by atoms with Gasteiger partial charge in [0.25, 0.3) is 10.2 Å². The first-order valence-corrected chi connectivity index (χ1v) is 8.11. The molecule has 20 heavy (non-hydrogen) atoms. The Morgan fingerprint density at radius 1 is 1.20 bits per heavy atom. The number of rotatable bonds is 5. The van der Waals surface area contributed by atoms with Crippen molar-refractivity contribution in [3.8, 4) is 0 Å². The van der Waals surface area contributed by atoms with Gasteiger partial charge in [-0.1, -0.05) is 36.8 Å². The first-order valence-electron chi connectivity index (χ1n) is 6.67. The smallest absolute Gasteiger partial charge is 0.280 e. The van der Waals surface area contributed by atoms with E-state index in [1.165, 1.54) is 4.31 Å². The summed E-state index contributed by atoms with van der Waals surface area (Å²) in [5, 5.41) is 7.62. The molecule has 0 spiro atoms. The first-order chi connectivity index (χ1) is 9.50. The van der Waals surface area contributed by atoms with Gasteiger partial charge < -0.3 is 5.73 Å². The second kappa shape index (κ2) is 6.34. The molecule has 1 aliphatic rings. The van der Waals surface area contributed by atoms with Crippen molar-refractivity contribution in [1.82, 2.24) is 9.03 Å². The standard InChI is InChI=1S/C13H20N4O2S/c14-13(15)12(11-7-3-1-4-8-11)16-20(18,19)17-9-5-2-6-10-17/h1,3-4,7-8,12,16H,2,5-6,9-10H2,(H3,14,15). The van der Waals surface area contributed by atoms with Crippen LogP contribution in [0.1, 0.15) is 30.9 Å². The van der Waals surface area contributed by atoms with Gasteiger partial charge in [0.05, 0.1) is 0 Å². The second-order valence-corrected chi connectivity index (χ2v) is 6.58. The Labute approximate surface area is 119 Å². The van der Waals surface area contributed by atoms with Crippen LogP contribution in [0.2, 0.25) is 0 Å². The van der Waals surface area contributed by atoms with Crippen molar-refractivity contribution >= 4 is 16.0 Å². The SMILES string of the molecule is N=C(N)C(NS(=O)(=O)N1CCCCC1)c1ccccc1. The summed E-state index contributed by atoms with van der Waals surface area (Å²) in [6.07, 6.45) is 2.80. The van der Waals surface area contributed by atoms with E-state index in [0.29, 0.717) is 18.7 Å². The van der Waals surface area contributed by atoms with E-state index >= 15 is 0 Å². The Balaban J connectivity index is 2.18. The van der Waals surface area contributed by atoms with Crippen molar-refractivity contribution in [2.45, 2.75) is 25.3 Å². The Bertz CT molecular complexity index is 553. The molecule has 4 N–H and O–H groups in total. The third-order valence-electron chi connectivity index (χ3n) is 3.37. The van der Waals surface area contributed by atoms with Gasteiger partial charge in [-0.3, -0.25) is 5.41 Å². The van der Waals surface area contributed by atoms with Gasteiger partial charge in [0, 0.05) is 13.1 Å². The van der Waals surface area contributed by atoms with Crippen LogP contribution in [0.4, 0.5) is 0 Å². The summed E-state index contributed by atoms with van der Waals surface area (Å²) in [7, 11) is -3.61. The zero-order valence-corrected chi connectivity index (χ0v) is 12.1. The van der Waals surface area contributed by atoms with Crippen molar-refractivity contribution in [3.05, 3.63) is 35.9 Å². The maximum Gasteiger partial charge on any atom is 0.280 e. The molecule has 2 rings (SSSR count). The minimum absolute atomic E-state index is 0.211. The van der Waals surface area contributed by atoms with Crippen molar-refractivity contribution < 1.29 is 8.42 Å². The molecule has 0 bridgehead atoms. The molecule has 0 radical (unpaired) electrons. The zero-order valence-electron chi connectivity index (χ0n) is 11.2. The number of piperidine rings is 1. The largest absolute Gasteiger partial charge is 0.386 e. The van der Waals surface area contributed by atoms with Gasteiger partial charge in [-0.05, 0) is 18.4 Å². The molecule has 1 aromatic carbocycles. The van der Waals surface area contributed by atoms with E-state index in [0.717, 1.165) is 19.3 Å².